The molecule has 0 spiro atoms. The second-order valence-corrected chi connectivity index (χ2v) is 5.11. The fraction of sp³-hybridized carbons (Fsp3) is 0.733. The van der Waals surface area contributed by atoms with Crippen molar-refractivity contribution < 1.29 is 9.47 Å². The summed E-state index contributed by atoms with van der Waals surface area (Å²) in [7, 11) is 1.89. The Morgan fingerprint density at radius 3 is 2.65 bits per heavy atom. The molecule has 1 aliphatic rings. The Morgan fingerprint density at radius 2 is 2.05 bits per heavy atom. The highest BCUT2D eigenvalue weighted by Crippen LogP contribution is 2.34. The van der Waals surface area contributed by atoms with Gasteiger partial charge >= 0.3 is 0 Å². The van der Waals surface area contributed by atoms with E-state index in [1.165, 1.54) is 0 Å². The van der Waals surface area contributed by atoms with Crippen molar-refractivity contribution in [3.05, 3.63) is 17.6 Å². The maximum atomic E-state index is 6.06. The smallest absolute Gasteiger partial charge is 0.163 e. The topological polar surface area (TPSA) is 56.3 Å². The second kappa shape index (κ2) is 6.99. The summed E-state index contributed by atoms with van der Waals surface area (Å²) >= 11 is 0. The molecule has 1 N–H and O–H groups in total. The number of aryl methyl sites for hydroxylation is 1. The van der Waals surface area contributed by atoms with Crippen LogP contribution in [-0.4, -0.2) is 36.8 Å². The predicted molar refractivity (Wildman–Crippen MR) is 78.9 cm³/mol. The molecule has 0 aromatic carbocycles. The van der Waals surface area contributed by atoms with Crippen LogP contribution >= 0.6 is 0 Å². The molecule has 1 saturated heterocycles. The zero-order valence-electron chi connectivity index (χ0n) is 12.7. The Morgan fingerprint density at radius 1 is 1.30 bits per heavy atom. The van der Waals surface area contributed by atoms with Gasteiger partial charge in [0.15, 0.2) is 5.82 Å². The number of hydrogen-bond donors (Lipinski definition) is 1. The Balaban J connectivity index is 2.38. The van der Waals surface area contributed by atoms with Gasteiger partial charge in [-0.25, -0.2) is 9.97 Å². The van der Waals surface area contributed by atoms with E-state index in [4.69, 9.17) is 14.5 Å². The van der Waals surface area contributed by atoms with Crippen LogP contribution in [0.5, 0.6) is 0 Å². The van der Waals surface area contributed by atoms with E-state index in [0.717, 1.165) is 43.0 Å². The highest BCUT2D eigenvalue weighted by atomic mass is 16.5. The van der Waals surface area contributed by atoms with Gasteiger partial charge in [0, 0.05) is 51.5 Å². The minimum absolute atomic E-state index is 0.387. The number of nitrogens with zero attached hydrogens (tertiary/aromatic N) is 2. The van der Waals surface area contributed by atoms with Crippen molar-refractivity contribution in [2.75, 3.05) is 32.2 Å². The molecule has 0 unspecified atom stereocenters. The molecular weight excluding hydrogens is 254 g/mol. The van der Waals surface area contributed by atoms with Crippen LogP contribution in [-0.2, 0) is 21.5 Å². The number of hydrogen-bond acceptors (Lipinski definition) is 5. The predicted octanol–water partition coefficient (Wildman–Crippen LogP) is 2.51. The molecule has 1 aliphatic heterocycles. The lowest BCUT2D eigenvalue weighted by Crippen LogP contribution is -2.38. The molecule has 0 bridgehead atoms. The van der Waals surface area contributed by atoms with Gasteiger partial charge in [0.2, 0.25) is 0 Å². The zero-order chi connectivity index (χ0) is 14.4. The minimum Gasteiger partial charge on any atom is -0.381 e. The van der Waals surface area contributed by atoms with E-state index < -0.39 is 0 Å². The third kappa shape index (κ3) is 3.27. The van der Waals surface area contributed by atoms with Crippen molar-refractivity contribution in [1.82, 2.24) is 9.97 Å². The van der Waals surface area contributed by atoms with Crippen LogP contribution in [0, 0.1) is 0 Å². The summed E-state index contributed by atoms with van der Waals surface area (Å²) in [6.45, 7) is 6.25. The van der Waals surface area contributed by atoms with Gasteiger partial charge in [0.25, 0.3) is 0 Å². The number of ether oxygens (including phenoxy) is 2. The molecule has 2 heterocycles. The van der Waals surface area contributed by atoms with Crippen molar-refractivity contribution in [2.45, 2.75) is 45.1 Å². The molecule has 20 heavy (non-hydrogen) atoms. The third-order valence-electron chi connectivity index (χ3n) is 3.67. The molecule has 1 fully saturated rings. The lowest BCUT2D eigenvalue weighted by atomic mass is 9.92. The van der Waals surface area contributed by atoms with Crippen molar-refractivity contribution in [3.8, 4) is 0 Å². The number of anilines is 1. The molecule has 2 rings (SSSR count). The van der Waals surface area contributed by atoms with Gasteiger partial charge < -0.3 is 14.8 Å². The Kier molecular flexibility index (Phi) is 5.31. The molecular formula is C15H25N3O2. The van der Waals surface area contributed by atoms with E-state index in [-0.39, 0.29) is 5.60 Å². The third-order valence-corrected chi connectivity index (χ3v) is 3.67. The molecule has 0 amide bonds. The average Bonchev–Trinajstić information content (AvgIpc) is 2.48. The summed E-state index contributed by atoms with van der Waals surface area (Å²) in [6.07, 6.45) is 3.67. The van der Waals surface area contributed by atoms with E-state index in [1.54, 1.807) is 0 Å². The van der Waals surface area contributed by atoms with Gasteiger partial charge in [-0.1, -0.05) is 13.3 Å². The summed E-state index contributed by atoms with van der Waals surface area (Å²) in [5.41, 5.74) is 0.690. The first kappa shape index (κ1) is 15.2. The Hall–Kier alpha value is -1.20. The van der Waals surface area contributed by atoms with E-state index in [9.17, 15) is 0 Å². The van der Waals surface area contributed by atoms with Crippen LogP contribution in [0.15, 0.2) is 6.07 Å². The van der Waals surface area contributed by atoms with Gasteiger partial charge in [0.05, 0.1) is 0 Å². The number of aromatic nitrogens is 2. The van der Waals surface area contributed by atoms with E-state index in [1.807, 2.05) is 20.0 Å². The molecule has 5 heteroatoms. The molecule has 0 radical (unpaired) electrons. The Labute approximate surface area is 121 Å². The molecule has 112 valence electrons. The minimum atomic E-state index is -0.387. The quantitative estimate of drug-likeness (QED) is 0.867. The van der Waals surface area contributed by atoms with E-state index >= 15 is 0 Å². The lowest BCUT2D eigenvalue weighted by molar-refractivity contribution is -0.117. The molecule has 0 atom stereocenters. The first-order valence-corrected chi connectivity index (χ1v) is 7.52. The molecule has 0 aliphatic carbocycles. The van der Waals surface area contributed by atoms with Crippen molar-refractivity contribution in [3.63, 3.8) is 0 Å². The maximum absolute atomic E-state index is 6.06. The van der Waals surface area contributed by atoms with Gasteiger partial charge in [-0.2, -0.15) is 0 Å². The summed E-state index contributed by atoms with van der Waals surface area (Å²) in [5.74, 6) is 1.67. The van der Waals surface area contributed by atoms with Gasteiger partial charge in [-0.15, -0.1) is 0 Å². The van der Waals surface area contributed by atoms with Crippen LogP contribution in [0.1, 0.15) is 44.6 Å². The summed E-state index contributed by atoms with van der Waals surface area (Å²) in [5, 5.41) is 3.13. The van der Waals surface area contributed by atoms with Gasteiger partial charge in [0.1, 0.15) is 11.4 Å². The number of nitrogens with one attached hydrogen (secondary N) is 1. The van der Waals surface area contributed by atoms with E-state index in [2.05, 4.69) is 17.2 Å². The van der Waals surface area contributed by atoms with Gasteiger partial charge in [-0.3, -0.25) is 0 Å². The average molecular weight is 279 g/mol. The van der Waals surface area contributed by atoms with Crippen molar-refractivity contribution in [2.24, 2.45) is 0 Å². The van der Waals surface area contributed by atoms with Crippen LogP contribution in [0.4, 0.5) is 5.82 Å². The van der Waals surface area contributed by atoms with Crippen LogP contribution < -0.4 is 5.32 Å². The number of rotatable bonds is 6. The maximum Gasteiger partial charge on any atom is 0.163 e. The SMILES string of the molecule is CCCc1cc(NC)nc(C2(OCC)CCOCC2)n1. The van der Waals surface area contributed by atoms with E-state index in [0.29, 0.717) is 19.8 Å². The molecule has 1 aromatic rings. The standard InChI is InChI=1S/C15H25N3O2/c1-4-6-12-11-13(16-3)18-14(17-12)15(20-5-2)7-9-19-10-8-15/h11H,4-10H2,1-3H3,(H,16,17,18). The zero-order valence-corrected chi connectivity index (χ0v) is 12.7. The van der Waals surface area contributed by atoms with Crippen molar-refractivity contribution in [1.29, 1.82) is 0 Å². The van der Waals surface area contributed by atoms with Crippen LogP contribution in [0.3, 0.4) is 0 Å². The fourth-order valence-electron chi connectivity index (χ4n) is 2.62. The first-order valence-electron chi connectivity index (χ1n) is 7.52. The largest absolute Gasteiger partial charge is 0.381 e. The lowest BCUT2D eigenvalue weighted by Gasteiger charge is -2.35. The van der Waals surface area contributed by atoms with Gasteiger partial charge in [-0.05, 0) is 13.3 Å². The monoisotopic (exact) mass is 279 g/mol. The molecule has 5 nitrogen and oxygen atoms in total. The summed E-state index contributed by atoms with van der Waals surface area (Å²) in [6, 6.07) is 2.02. The van der Waals surface area contributed by atoms with Crippen molar-refractivity contribution >= 4 is 5.82 Å². The highest BCUT2D eigenvalue weighted by Gasteiger charge is 2.38. The molecule has 1 aromatic heterocycles. The second-order valence-electron chi connectivity index (χ2n) is 5.11. The fourth-order valence-corrected chi connectivity index (χ4v) is 2.62. The van der Waals surface area contributed by atoms with Crippen LogP contribution in [0.25, 0.3) is 0 Å². The summed E-state index contributed by atoms with van der Waals surface area (Å²) in [4.78, 5) is 9.40. The molecule has 0 saturated carbocycles. The first-order chi connectivity index (χ1) is 9.74. The van der Waals surface area contributed by atoms with Crippen LogP contribution in [0.2, 0.25) is 0 Å². The normalized spacial score (nSPS) is 17.9. The summed E-state index contributed by atoms with van der Waals surface area (Å²) < 4.78 is 11.5. The highest BCUT2D eigenvalue weighted by molar-refractivity contribution is 5.36. The Bertz CT molecular complexity index is 426.